The SMILES string of the molecule is CC(C)(C)OC(=O)c1ccc(NS(=O)(=O)[O-])cc1.[Na+]. The Labute approximate surface area is 134 Å². The smallest absolute Gasteiger partial charge is 0.731 e. The van der Waals surface area contributed by atoms with Crippen molar-refractivity contribution in [1.29, 1.82) is 0 Å². The molecule has 0 aliphatic carbocycles. The quantitative estimate of drug-likeness (QED) is 0.417. The van der Waals surface area contributed by atoms with Crippen LogP contribution in [0.1, 0.15) is 31.1 Å². The second-order valence-corrected chi connectivity index (χ2v) is 5.75. The normalized spacial score (nSPS) is 11.4. The van der Waals surface area contributed by atoms with Crippen LogP contribution in [0, 0.1) is 0 Å². The van der Waals surface area contributed by atoms with Crippen LogP contribution < -0.4 is 34.3 Å². The van der Waals surface area contributed by atoms with Crippen molar-refractivity contribution in [2.24, 2.45) is 0 Å². The summed E-state index contributed by atoms with van der Waals surface area (Å²) in [5, 5.41) is 0. The molecule has 0 aliphatic heterocycles. The maximum atomic E-state index is 11.6. The average molecular weight is 295 g/mol. The molecule has 0 radical (unpaired) electrons. The third kappa shape index (κ3) is 7.54. The van der Waals surface area contributed by atoms with Gasteiger partial charge in [-0.25, -0.2) is 13.2 Å². The maximum Gasteiger partial charge on any atom is 1.00 e. The number of benzene rings is 1. The molecule has 0 saturated carbocycles. The monoisotopic (exact) mass is 295 g/mol. The Hall–Kier alpha value is -0.600. The zero-order chi connectivity index (χ0) is 14.0. The molecule has 0 unspecified atom stereocenters. The fraction of sp³-hybridized carbons (Fsp3) is 0.364. The molecule has 0 spiro atoms. The molecule has 1 N–H and O–H groups in total. The fourth-order valence-electron chi connectivity index (χ4n) is 1.16. The van der Waals surface area contributed by atoms with Crippen LogP contribution in [0.4, 0.5) is 5.69 Å². The van der Waals surface area contributed by atoms with E-state index in [0.717, 1.165) is 0 Å². The number of nitrogens with one attached hydrogen (secondary N) is 1. The number of carbonyl (C=O) groups excluding carboxylic acids is 1. The van der Waals surface area contributed by atoms with Gasteiger partial charge in [0, 0.05) is 5.69 Å². The summed E-state index contributed by atoms with van der Waals surface area (Å²) in [5.41, 5.74) is -0.233. The van der Waals surface area contributed by atoms with Crippen molar-refractivity contribution < 1.29 is 52.1 Å². The first kappa shape index (κ1) is 18.4. The number of hydrogen-bond acceptors (Lipinski definition) is 5. The van der Waals surface area contributed by atoms with Gasteiger partial charge in [0.2, 0.25) is 0 Å². The maximum absolute atomic E-state index is 11.6. The molecular formula is C11H14NNaO5S. The van der Waals surface area contributed by atoms with Crippen molar-refractivity contribution in [3.8, 4) is 0 Å². The van der Waals surface area contributed by atoms with E-state index >= 15 is 0 Å². The molecule has 0 aliphatic rings. The van der Waals surface area contributed by atoms with Gasteiger partial charge in [-0.3, -0.25) is 4.72 Å². The third-order valence-corrected chi connectivity index (χ3v) is 2.25. The van der Waals surface area contributed by atoms with Gasteiger partial charge in [-0.1, -0.05) is 0 Å². The second kappa shape index (κ2) is 6.71. The molecule has 1 rings (SSSR count). The van der Waals surface area contributed by atoms with Gasteiger partial charge in [0.05, 0.1) is 5.56 Å². The van der Waals surface area contributed by atoms with E-state index in [1.807, 2.05) is 0 Å². The Bertz CT molecular complexity index is 533. The predicted octanol–water partition coefficient (Wildman–Crippen LogP) is -1.48. The summed E-state index contributed by atoms with van der Waals surface area (Å²) in [5.74, 6) is -0.515. The molecule has 0 fully saturated rings. The summed E-state index contributed by atoms with van der Waals surface area (Å²) in [4.78, 5) is 11.6. The summed E-state index contributed by atoms with van der Waals surface area (Å²) in [6, 6.07) is 5.38. The molecule has 19 heavy (non-hydrogen) atoms. The molecule has 8 heteroatoms. The van der Waals surface area contributed by atoms with Gasteiger partial charge in [0.15, 0.2) is 10.3 Å². The summed E-state index contributed by atoms with van der Waals surface area (Å²) in [6.07, 6.45) is 0. The summed E-state index contributed by atoms with van der Waals surface area (Å²) in [7, 11) is -4.56. The fourth-order valence-corrected chi connectivity index (χ4v) is 1.58. The molecular weight excluding hydrogens is 281 g/mol. The van der Waals surface area contributed by atoms with Gasteiger partial charge >= 0.3 is 35.5 Å². The van der Waals surface area contributed by atoms with Gasteiger partial charge in [-0.15, -0.1) is 0 Å². The number of rotatable bonds is 3. The Morgan fingerprint density at radius 3 is 2.05 bits per heavy atom. The standard InChI is InChI=1S/C11H15NO5S.Na/c1-11(2,3)17-10(13)8-4-6-9(7-5-8)12-18(14,15)16;/h4-7,12H,1-3H3,(H,14,15,16);/q;+1/p-1. The molecule has 6 nitrogen and oxygen atoms in total. The zero-order valence-corrected chi connectivity index (χ0v) is 14.1. The number of anilines is 1. The minimum Gasteiger partial charge on any atom is -0.731 e. The van der Waals surface area contributed by atoms with Crippen LogP contribution in [-0.4, -0.2) is 24.5 Å². The van der Waals surface area contributed by atoms with Crippen LogP contribution in [0.15, 0.2) is 24.3 Å². The Balaban J connectivity index is 0.00000324. The molecule has 1 aromatic rings. The first-order valence-corrected chi connectivity index (χ1v) is 6.55. The van der Waals surface area contributed by atoms with E-state index in [2.05, 4.69) is 0 Å². The van der Waals surface area contributed by atoms with Crippen LogP contribution in [-0.2, 0) is 15.0 Å². The molecule has 0 bridgehead atoms. The molecule has 0 aromatic heterocycles. The van der Waals surface area contributed by atoms with E-state index in [-0.39, 0.29) is 40.8 Å². The summed E-state index contributed by atoms with van der Waals surface area (Å²) >= 11 is 0. The van der Waals surface area contributed by atoms with Crippen LogP contribution in [0.5, 0.6) is 0 Å². The second-order valence-electron chi connectivity index (χ2n) is 4.64. The van der Waals surface area contributed by atoms with E-state index in [1.54, 1.807) is 25.5 Å². The van der Waals surface area contributed by atoms with Crippen LogP contribution in [0.25, 0.3) is 0 Å². The number of esters is 1. The molecule has 0 saturated heterocycles. The van der Waals surface area contributed by atoms with Crippen LogP contribution in [0.3, 0.4) is 0 Å². The first-order valence-electron chi connectivity index (χ1n) is 5.14. The zero-order valence-electron chi connectivity index (χ0n) is 11.3. The number of hydrogen-bond donors (Lipinski definition) is 1. The predicted molar refractivity (Wildman–Crippen MR) is 64.9 cm³/mol. The number of carbonyl (C=O) groups is 1. The third-order valence-electron chi connectivity index (χ3n) is 1.76. The van der Waals surface area contributed by atoms with E-state index in [1.165, 1.54) is 24.3 Å². The molecule has 1 aromatic carbocycles. The van der Waals surface area contributed by atoms with E-state index in [0.29, 0.717) is 0 Å². The minimum absolute atomic E-state index is 0. The van der Waals surface area contributed by atoms with Gasteiger partial charge in [-0.2, -0.15) is 0 Å². The summed E-state index contributed by atoms with van der Waals surface area (Å²) in [6.45, 7) is 5.22. The minimum atomic E-state index is -4.56. The largest absolute Gasteiger partial charge is 1.00 e. The van der Waals surface area contributed by atoms with Crippen molar-refractivity contribution in [3.63, 3.8) is 0 Å². The van der Waals surface area contributed by atoms with Crippen LogP contribution >= 0.6 is 0 Å². The van der Waals surface area contributed by atoms with Crippen molar-refractivity contribution in [1.82, 2.24) is 0 Å². The molecule has 0 heterocycles. The van der Waals surface area contributed by atoms with E-state index < -0.39 is 21.9 Å². The first-order chi connectivity index (χ1) is 8.07. The van der Waals surface area contributed by atoms with Gasteiger partial charge in [0.25, 0.3) is 0 Å². The average Bonchev–Trinajstić information content (AvgIpc) is 2.13. The van der Waals surface area contributed by atoms with Crippen LogP contribution in [0.2, 0.25) is 0 Å². The summed E-state index contributed by atoms with van der Waals surface area (Å²) < 4.78 is 38.2. The number of ether oxygens (including phenoxy) is 1. The topological polar surface area (TPSA) is 95.5 Å². The van der Waals surface area contributed by atoms with Crippen molar-refractivity contribution in [3.05, 3.63) is 29.8 Å². The Morgan fingerprint density at radius 2 is 1.68 bits per heavy atom. The van der Waals surface area contributed by atoms with Crippen molar-refractivity contribution in [2.75, 3.05) is 4.72 Å². The molecule has 0 amide bonds. The molecule has 0 atom stereocenters. The van der Waals surface area contributed by atoms with Crippen molar-refractivity contribution >= 4 is 22.0 Å². The van der Waals surface area contributed by atoms with E-state index in [9.17, 15) is 17.8 Å². The van der Waals surface area contributed by atoms with Crippen molar-refractivity contribution in [2.45, 2.75) is 26.4 Å². The molecule has 100 valence electrons. The van der Waals surface area contributed by atoms with Gasteiger partial charge in [-0.05, 0) is 45.0 Å². The van der Waals surface area contributed by atoms with Gasteiger partial charge < -0.3 is 9.29 Å². The van der Waals surface area contributed by atoms with Gasteiger partial charge in [0.1, 0.15) is 5.60 Å². The van der Waals surface area contributed by atoms with E-state index in [4.69, 9.17) is 4.74 Å². The Kier molecular flexibility index (Phi) is 6.50. The Morgan fingerprint density at radius 1 is 1.21 bits per heavy atom.